The van der Waals surface area contributed by atoms with Crippen molar-refractivity contribution in [3.05, 3.63) is 0 Å². The molecule has 76 valence electrons. The lowest BCUT2D eigenvalue weighted by Gasteiger charge is -2.25. The highest BCUT2D eigenvalue weighted by Crippen LogP contribution is 2.02. The van der Waals surface area contributed by atoms with Gasteiger partial charge in [0, 0.05) is 12.1 Å². The molecule has 12 heavy (non-hydrogen) atoms. The number of nitrogens with one attached hydrogen (secondary N) is 2. The van der Waals surface area contributed by atoms with E-state index in [4.69, 9.17) is 0 Å². The zero-order valence-corrected chi connectivity index (χ0v) is 9.43. The molecule has 1 aliphatic heterocycles. The summed E-state index contributed by atoms with van der Waals surface area (Å²) in [7, 11) is 0. The van der Waals surface area contributed by atoms with E-state index in [1.807, 2.05) is 0 Å². The summed E-state index contributed by atoms with van der Waals surface area (Å²) in [5, 5.41) is 6.89. The van der Waals surface area contributed by atoms with Crippen LogP contribution in [0.1, 0.15) is 26.7 Å². The molecule has 2 N–H and O–H groups in total. The third kappa shape index (κ3) is 6.06. The summed E-state index contributed by atoms with van der Waals surface area (Å²) >= 11 is 0. The van der Waals surface area contributed by atoms with E-state index in [1.165, 1.54) is 25.9 Å². The highest BCUT2D eigenvalue weighted by Gasteiger charge is 2.12. The topological polar surface area (TPSA) is 24.1 Å². The van der Waals surface area contributed by atoms with Crippen LogP contribution < -0.4 is 10.6 Å². The van der Waals surface area contributed by atoms with Gasteiger partial charge in [0.15, 0.2) is 0 Å². The number of hydrogen-bond donors (Lipinski definition) is 2. The minimum atomic E-state index is 0. The molecule has 0 bridgehead atoms. The van der Waals surface area contributed by atoms with Crippen LogP contribution in [0.25, 0.3) is 0 Å². The summed E-state index contributed by atoms with van der Waals surface area (Å²) in [6.45, 7) is 6.79. The molecular weight excluding hydrogens is 195 g/mol. The molecule has 1 aliphatic rings. The van der Waals surface area contributed by atoms with Crippen LogP contribution in [0.3, 0.4) is 0 Å². The van der Waals surface area contributed by atoms with Crippen molar-refractivity contribution in [2.24, 2.45) is 0 Å². The standard InChI is InChI=1S/C8H18N2.2ClH/c1-7(2)10-8-3-5-9-6-4-8;;/h7-10H,3-6H2,1-2H3;2*1H. The maximum Gasteiger partial charge on any atom is 0.00935 e. The van der Waals surface area contributed by atoms with Crippen LogP contribution in [0.4, 0.5) is 0 Å². The normalized spacial score (nSPS) is 18.2. The van der Waals surface area contributed by atoms with Gasteiger partial charge in [-0.25, -0.2) is 0 Å². The van der Waals surface area contributed by atoms with E-state index in [2.05, 4.69) is 24.5 Å². The third-order valence-corrected chi connectivity index (χ3v) is 1.91. The van der Waals surface area contributed by atoms with Gasteiger partial charge in [0.05, 0.1) is 0 Å². The van der Waals surface area contributed by atoms with E-state index in [-0.39, 0.29) is 24.8 Å². The Balaban J connectivity index is 0. The molecule has 0 amide bonds. The summed E-state index contributed by atoms with van der Waals surface area (Å²) in [4.78, 5) is 0. The van der Waals surface area contributed by atoms with Crippen LogP contribution in [0, 0.1) is 0 Å². The Morgan fingerprint density at radius 2 is 1.67 bits per heavy atom. The van der Waals surface area contributed by atoms with E-state index in [0.717, 1.165) is 6.04 Å². The summed E-state index contributed by atoms with van der Waals surface area (Å²) < 4.78 is 0. The second-order valence-electron chi connectivity index (χ2n) is 3.35. The van der Waals surface area contributed by atoms with Crippen molar-refractivity contribution in [3.63, 3.8) is 0 Å². The first-order valence-electron chi connectivity index (χ1n) is 4.26. The van der Waals surface area contributed by atoms with Crippen molar-refractivity contribution in [1.29, 1.82) is 0 Å². The maximum absolute atomic E-state index is 3.54. The van der Waals surface area contributed by atoms with E-state index < -0.39 is 0 Å². The first-order chi connectivity index (χ1) is 4.79. The lowest BCUT2D eigenvalue weighted by atomic mass is 10.1. The second-order valence-corrected chi connectivity index (χ2v) is 3.35. The Hall–Kier alpha value is 0.500. The van der Waals surface area contributed by atoms with Crippen LogP contribution in [0.15, 0.2) is 0 Å². The van der Waals surface area contributed by atoms with Gasteiger partial charge in [0.25, 0.3) is 0 Å². The minimum Gasteiger partial charge on any atom is -0.317 e. The first kappa shape index (κ1) is 15.0. The van der Waals surface area contributed by atoms with Gasteiger partial charge in [-0.2, -0.15) is 0 Å². The van der Waals surface area contributed by atoms with Gasteiger partial charge in [-0.05, 0) is 25.9 Å². The first-order valence-corrected chi connectivity index (χ1v) is 4.26. The van der Waals surface area contributed by atoms with Gasteiger partial charge in [-0.1, -0.05) is 13.8 Å². The molecule has 0 atom stereocenters. The molecule has 2 nitrogen and oxygen atoms in total. The van der Waals surface area contributed by atoms with Crippen LogP contribution in [0.2, 0.25) is 0 Å². The molecule has 1 heterocycles. The Morgan fingerprint density at radius 1 is 1.17 bits per heavy atom. The largest absolute Gasteiger partial charge is 0.317 e. The Labute approximate surface area is 87.7 Å². The molecule has 0 aromatic rings. The van der Waals surface area contributed by atoms with Gasteiger partial charge in [-0.3, -0.25) is 0 Å². The summed E-state index contributed by atoms with van der Waals surface area (Å²) in [5.41, 5.74) is 0. The second kappa shape index (κ2) is 8.11. The van der Waals surface area contributed by atoms with Crippen molar-refractivity contribution in [3.8, 4) is 0 Å². The monoisotopic (exact) mass is 214 g/mol. The van der Waals surface area contributed by atoms with Gasteiger partial charge < -0.3 is 10.6 Å². The predicted molar refractivity (Wildman–Crippen MR) is 58.7 cm³/mol. The van der Waals surface area contributed by atoms with Crippen molar-refractivity contribution in [1.82, 2.24) is 10.6 Å². The molecule has 4 heteroatoms. The summed E-state index contributed by atoms with van der Waals surface area (Å²) in [6, 6.07) is 1.41. The molecule has 0 saturated carbocycles. The Morgan fingerprint density at radius 3 is 2.08 bits per heavy atom. The molecule has 1 fully saturated rings. The zero-order valence-electron chi connectivity index (χ0n) is 7.80. The number of halogens is 2. The molecule has 1 saturated heterocycles. The van der Waals surface area contributed by atoms with E-state index in [9.17, 15) is 0 Å². The van der Waals surface area contributed by atoms with Crippen molar-refractivity contribution < 1.29 is 0 Å². The van der Waals surface area contributed by atoms with Gasteiger partial charge in [0.2, 0.25) is 0 Å². The van der Waals surface area contributed by atoms with Crippen molar-refractivity contribution >= 4 is 24.8 Å². The molecule has 0 unspecified atom stereocenters. The summed E-state index contributed by atoms with van der Waals surface area (Å²) in [5.74, 6) is 0. The Kier molecular flexibility index (Phi) is 10.1. The van der Waals surface area contributed by atoms with Gasteiger partial charge in [-0.15, -0.1) is 24.8 Å². The van der Waals surface area contributed by atoms with E-state index in [0.29, 0.717) is 6.04 Å². The smallest absolute Gasteiger partial charge is 0.00935 e. The van der Waals surface area contributed by atoms with Gasteiger partial charge in [0.1, 0.15) is 0 Å². The molecule has 0 aromatic heterocycles. The molecule has 0 radical (unpaired) electrons. The highest BCUT2D eigenvalue weighted by atomic mass is 35.5. The molecule has 0 aliphatic carbocycles. The molecule has 1 rings (SSSR count). The average molecular weight is 215 g/mol. The fraction of sp³-hybridized carbons (Fsp3) is 1.00. The summed E-state index contributed by atoms with van der Waals surface area (Å²) in [6.07, 6.45) is 2.58. The number of piperidine rings is 1. The van der Waals surface area contributed by atoms with E-state index in [1.54, 1.807) is 0 Å². The Bertz CT molecular complexity index is 93.1. The SMILES string of the molecule is CC(C)NC1CCNCC1.Cl.Cl. The van der Waals surface area contributed by atoms with E-state index >= 15 is 0 Å². The quantitative estimate of drug-likeness (QED) is 0.730. The average Bonchev–Trinajstić information content (AvgIpc) is 1.88. The van der Waals surface area contributed by atoms with Crippen LogP contribution in [-0.4, -0.2) is 25.2 Å². The molecular formula is C8H20Cl2N2. The van der Waals surface area contributed by atoms with Crippen LogP contribution >= 0.6 is 24.8 Å². The van der Waals surface area contributed by atoms with Crippen molar-refractivity contribution in [2.45, 2.75) is 38.8 Å². The zero-order chi connectivity index (χ0) is 7.40. The highest BCUT2D eigenvalue weighted by molar-refractivity contribution is 5.85. The third-order valence-electron chi connectivity index (χ3n) is 1.91. The number of rotatable bonds is 2. The number of hydrogen-bond acceptors (Lipinski definition) is 2. The minimum absolute atomic E-state index is 0. The van der Waals surface area contributed by atoms with Gasteiger partial charge >= 0.3 is 0 Å². The lowest BCUT2D eigenvalue weighted by molar-refractivity contribution is 0.364. The maximum atomic E-state index is 3.54. The predicted octanol–water partition coefficient (Wildman–Crippen LogP) is 1.58. The fourth-order valence-corrected chi connectivity index (χ4v) is 1.46. The fourth-order valence-electron chi connectivity index (χ4n) is 1.46. The van der Waals surface area contributed by atoms with Crippen LogP contribution in [-0.2, 0) is 0 Å². The molecule has 0 spiro atoms. The van der Waals surface area contributed by atoms with Crippen molar-refractivity contribution in [2.75, 3.05) is 13.1 Å². The lowest BCUT2D eigenvalue weighted by Crippen LogP contribution is -2.42. The molecule has 0 aromatic carbocycles. The van der Waals surface area contributed by atoms with Crippen LogP contribution in [0.5, 0.6) is 0 Å².